The van der Waals surface area contributed by atoms with E-state index in [1.54, 1.807) is 0 Å². The molecule has 1 saturated heterocycles. The number of piperazine rings is 1. The molecular formula is C23H31N5O. The third-order valence-electron chi connectivity index (χ3n) is 6.04. The predicted molar refractivity (Wildman–Crippen MR) is 115 cm³/mol. The molecule has 1 amide bonds. The number of nitrogens with zero attached hydrogens (tertiary/aromatic N) is 5. The van der Waals surface area contributed by atoms with E-state index in [0.29, 0.717) is 19.8 Å². The zero-order valence-corrected chi connectivity index (χ0v) is 17.6. The summed E-state index contributed by atoms with van der Waals surface area (Å²) in [6.45, 7) is 7.87. The van der Waals surface area contributed by atoms with Gasteiger partial charge in [-0.2, -0.15) is 0 Å². The lowest BCUT2D eigenvalue weighted by Crippen LogP contribution is -2.50. The van der Waals surface area contributed by atoms with Crippen molar-refractivity contribution in [3.05, 3.63) is 47.2 Å². The smallest absolute Gasteiger partial charge is 0.254 e. The van der Waals surface area contributed by atoms with Crippen LogP contribution >= 0.6 is 0 Å². The van der Waals surface area contributed by atoms with Crippen LogP contribution in [-0.2, 0) is 11.3 Å². The van der Waals surface area contributed by atoms with Crippen LogP contribution in [-0.4, -0.2) is 97.0 Å². The summed E-state index contributed by atoms with van der Waals surface area (Å²) in [4.78, 5) is 24.2. The number of benzene rings is 1. The Bertz CT molecular complexity index is 817. The van der Waals surface area contributed by atoms with E-state index < -0.39 is 0 Å². The fraction of sp³-hybridized carbons (Fsp3) is 0.522. The van der Waals surface area contributed by atoms with Crippen LogP contribution in [0, 0.1) is 12.0 Å². The highest BCUT2D eigenvalue weighted by molar-refractivity contribution is 5.95. The van der Waals surface area contributed by atoms with Crippen LogP contribution in [0.3, 0.4) is 0 Å². The lowest BCUT2D eigenvalue weighted by molar-refractivity contribution is -0.131. The maximum atomic E-state index is 13.2. The minimum Gasteiger partial charge on any atom is -0.360 e. The van der Waals surface area contributed by atoms with E-state index in [9.17, 15) is 4.79 Å². The maximum absolute atomic E-state index is 13.2. The molecule has 3 aliphatic heterocycles. The molecule has 0 aliphatic carbocycles. The molecule has 0 saturated carbocycles. The zero-order valence-electron chi connectivity index (χ0n) is 17.6. The van der Waals surface area contributed by atoms with Gasteiger partial charge >= 0.3 is 0 Å². The van der Waals surface area contributed by atoms with Gasteiger partial charge in [0.2, 0.25) is 0 Å². The number of likely N-dealkylation sites (N-methyl/N-ethyl adjacent to an activating group) is 1. The molecular weight excluding hydrogens is 362 g/mol. The van der Waals surface area contributed by atoms with Crippen molar-refractivity contribution in [2.75, 3.05) is 66.6 Å². The number of hydrogen-bond acceptors (Lipinski definition) is 5. The quantitative estimate of drug-likeness (QED) is 0.718. The van der Waals surface area contributed by atoms with Crippen LogP contribution in [0.5, 0.6) is 0 Å². The molecule has 0 unspecified atom stereocenters. The van der Waals surface area contributed by atoms with Crippen molar-refractivity contribution >= 4 is 5.91 Å². The van der Waals surface area contributed by atoms with Gasteiger partial charge in [-0.1, -0.05) is 36.3 Å². The molecule has 6 nitrogen and oxygen atoms in total. The average molecular weight is 394 g/mol. The molecule has 1 fully saturated rings. The van der Waals surface area contributed by atoms with Crippen molar-refractivity contribution in [1.29, 1.82) is 0 Å². The molecule has 6 heteroatoms. The highest BCUT2D eigenvalue weighted by atomic mass is 16.2. The van der Waals surface area contributed by atoms with Gasteiger partial charge < -0.3 is 19.6 Å². The van der Waals surface area contributed by atoms with E-state index in [2.05, 4.69) is 57.8 Å². The number of rotatable bonds is 3. The van der Waals surface area contributed by atoms with E-state index in [1.165, 1.54) is 11.3 Å². The lowest BCUT2D eigenvalue weighted by Gasteiger charge is -2.42. The summed E-state index contributed by atoms with van der Waals surface area (Å²) in [5.41, 5.74) is 3.33. The van der Waals surface area contributed by atoms with Crippen LogP contribution in [0.1, 0.15) is 12.0 Å². The second kappa shape index (κ2) is 8.89. The van der Waals surface area contributed by atoms with Crippen molar-refractivity contribution in [3.63, 3.8) is 0 Å². The van der Waals surface area contributed by atoms with Gasteiger partial charge in [-0.05, 0) is 12.6 Å². The first kappa shape index (κ1) is 19.8. The van der Waals surface area contributed by atoms with Gasteiger partial charge in [-0.25, -0.2) is 0 Å². The van der Waals surface area contributed by atoms with Crippen molar-refractivity contribution in [3.8, 4) is 12.0 Å². The standard InChI is InChI=1S/C23H31N5O/c1-24-13-15-26(16-14-24)10-6-11-27-12-9-22-21(18-27)23(29)28(19-25(22)2)17-20-7-4-3-5-8-20/h3-5,7-8H,9,11-19H2,1-2H3. The summed E-state index contributed by atoms with van der Waals surface area (Å²) in [5.74, 6) is 3.51. The van der Waals surface area contributed by atoms with E-state index in [4.69, 9.17) is 0 Å². The first-order valence-corrected chi connectivity index (χ1v) is 10.5. The van der Waals surface area contributed by atoms with Crippen LogP contribution in [0.4, 0.5) is 0 Å². The largest absolute Gasteiger partial charge is 0.360 e. The molecule has 0 aromatic heterocycles. The Labute approximate surface area is 174 Å². The van der Waals surface area contributed by atoms with Crippen LogP contribution < -0.4 is 0 Å². The molecule has 29 heavy (non-hydrogen) atoms. The zero-order chi connectivity index (χ0) is 20.2. The highest BCUT2D eigenvalue weighted by Crippen LogP contribution is 2.27. The topological polar surface area (TPSA) is 33.3 Å². The number of carbonyl (C=O) groups is 1. The Morgan fingerprint density at radius 2 is 1.76 bits per heavy atom. The average Bonchev–Trinajstić information content (AvgIpc) is 2.74. The summed E-state index contributed by atoms with van der Waals surface area (Å²) in [5, 5.41) is 0. The van der Waals surface area contributed by atoms with Gasteiger partial charge in [0.05, 0.1) is 18.8 Å². The molecule has 0 atom stereocenters. The minimum atomic E-state index is 0.179. The normalized spacial score (nSPS) is 21.2. The fourth-order valence-corrected chi connectivity index (χ4v) is 4.26. The Hall–Kier alpha value is -2.49. The molecule has 3 aliphatic rings. The Morgan fingerprint density at radius 3 is 2.52 bits per heavy atom. The number of hydrogen-bond donors (Lipinski definition) is 0. The van der Waals surface area contributed by atoms with E-state index in [1.807, 2.05) is 23.1 Å². The highest BCUT2D eigenvalue weighted by Gasteiger charge is 2.33. The lowest BCUT2D eigenvalue weighted by atomic mass is 10.0. The van der Waals surface area contributed by atoms with E-state index in [0.717, 1.165) is 51.3 Å². The van der Waals surface area contributed by atoms with Crippen molar-refractivity contribution in [2.45, 2.75) is 13.0 Å². The fourth-order valence-electron chi connectivity index (χ4n) is 4.26. The third kappa shape index (κ3) is 4.75. The van der Waals surface area contributed by atoms with E-state index in [-0.39, 0.29) is 5.91 Å². The molecule has 1 aromatic carbocycles. The summed E-state index contributed by atoms with van der Waals surface area (Å²) in [6, 6.07) is 13.5. The summed E-state index contributed by atoms with van der Waals surface area (Å²) < 4.78 is 0. The van der Waals surface area contributed by atoms with Gasteiger partial charge in [-0.15, -0.1) is 0 Å². The second-order valence-corrected chi connectivity index (χ2v) is 8.29. The number of amides is 1. The molecule has 4 rings (SSSR count). The van der Waals surface area contributed by atoms with Crippen molar-refractivity contribution < 1.29 is 4.79 Å². The third-order valence-corrected chi connectivity index (χ3v) is 6.04. The van der Waals surface area contributed by atoms with Gasteiger partial charge in [0.1, 0.15) is 0 Å². The van der Waals surface area contributed by atoms with Crippen molar-refractivity contribution in [1.82, 2.24) is 24.5 Å². The molecule has 0 spiro atoms. The molecule has 1 aromatic rings. The second-order valence-electron chi connectivity index (χ2n) is 8.29. The molecule has 0 N–H and O–H groups in total. The SMILES string of the molecule is CN1CCN(C#CCN2CCC3=C(C2)C(=O)N(Cc2ccccc2)CN3C)CC1. The minimum absolute atomic E-state index is 0.179. The van der Waals surface area contributed by atoms with Gasteiger partial charge in [0, 0.05) is 71.0 Å². The molecule has 0 radical (unpaired) electrons. The van der Waals surface area contributed by atoms with Crippen molar-refractivity contribution in [2.24, 2.45) is 0 Å². The van der Waals surface area contributed by atoms with Gasteiger partial charge in [-0.3, -0.25) is 9.69 Å². The molecule has 3 heterocycles. The van der Waals surface area contributed by atoms with Crippen LogP contribution in [0.15, 0.2) is 41.6 Å². The molecule has 0 bridgehead atoms. The Morgan fingerprint density at radius 1 is 1.00 bits per heavy atom. The van der Waals surface area contributed by atoms with Crippen LogP contribution in [0.2, 0.25) is 0 Å². The number of carbonyl (C=O) groups excluding carboxylic acids is 1. The monoisotopic (exact) mass is 393 g/mol. The summed E-state index contributed by atoms with van der Waals surface area (Å²) in [7, 11) is 4.26. The van der Waals surface area contributed by atoms with E-state index >= 15 is 0 Å². The maximum Gasteiger partial charge on any atom is 0.254 e. The Balaban J connectivity index is 1.38. The van der Waals surface area contributed by atoms with Gasteiger partial charge in [0.25, 0.3) is 5.91 Å². The Kier molecular flexibility index (Phi) is 6.08. The molecule has 154 valence electrons. The summed E-state index contributed by atoms with van der Waals surface area (Å²) in [6.07, 6.45) is 0.924. The first-order valence-electron chi connectivity index (χ1n) is 10.5. The first-order chi connectivity index (χ1) is 14.1. The predicted octanol–water partition coefficient (Wildman–Crippen LogP) is 1.09. The van der Waals surface area contributed by atoms with Gasteiger partial charge in [0.15, 0.2) is 0 Å². The van der Waals surface area contributed by atoms with Crippen LogP contribution in [0.25, 0.3) is 0 Å². The summed E-state index contributed by atoms with van der Waals surface area (Å²) >= 11 is 0.